The molecular formula is C23H30ClN3O4S. The van der Waals surface area contributed by atoms with Gasteiger partial charge in [-0.2, -0.15) is 0 Å². The predicted molar refractivity (Wildman–Crippen MR) is 128 cm³/mol. The number of halogens is 1. The van der Waals surface area contributed by atoms with Gasteiger partial charge in [-0.1, -0.05) is 41.9 Å². The maximum Gasteiger partial charge on any atom is 0.244 e. The minimum Gasteiger partial charge on any atom is -0.355 e. The number of rotatable bonds is 9. The number of nitrogens with zero attached hydrogens (tertiary/aromatic N) is 2. The van der Waals surface area contributed by atoms with Gasteiger partial charge in [-0.05, 0) is 56.5 Å². The van der Waals surface area contributed by atoms with Crippen LogP contribution in [0.15, 0.2) is 42.5 Å². The standard InChI is InChI=1S/C23H30ClN3O4S/c1-6-25-23(29)18(4)26(14-19-11-8-7-10-16(19)2)22(28)15-27(32(5,30)31)21-13-9-12-20(24)17(21)3/h7-13,18H,6,14-15H2,1-5H3,(H,25,29)/t18-/m1/s1. The van der Waals surface area contributed by atoms with Crippen LogP contribution in [0.2, 0.25) is 5.02 Å². The molecule has 0 unspecified atom stereocenters. The molecule has 2 aromatic carbocycles. The molecule has 0 saturated heterocycles. The van der Waals surface area contributed by atoms with E-state index in [0.29, 0.717) is 22.8 Å². The molecule has 0 aliphatic heterocycles. The number of carbonyl (C=O) groups is 2. The highest BCUT2D eigenvalue weighted by Crippen LogP contribution is 2.28. The van der Waals surface area contributed by atoms with Crippen molar-refractivity contribution >= 4 is 39.1 Å². The van der Waals surface area contributed by atoms with Crippen molar-refractivity contribution in [3.05, 3.63) is 64.2 Å². The Bertz CT molecular complexity index is 1090. The van der Waals surface area contributed by atoms with Gasteiger partial charge < -0.3 is 10.2 Å². The molecule has 32 heavy (non-hydrogen) atoms. The van der Waals surface area contributed by atoms with Crippen LogP contribution < -0.4 is 9.62 Å². The fourth-order valence-electron chi connectivity index (χ4n) is 3.34. The van der Waals surface area contributed by atoms with Gasteiger partial charge in [-0.15, -0.1) is 0 Å². The number of benzene rings is 2. The lowest BCUT2D eigenvalue weighted by Crippen LogP contribution is -2.51. The zero-order valence-electron chi connectivity index (χ0n) is 19.1. The molecule has 0 aromatic heterocycles. The van der Waals surface area contributed by atoms with E-state index in [1.54, 1.807) is 39.0 Å². The lowest BCUT2D eigenvalue weighted by Gasteiger charge is -2.32. The van der Waals surface area contributed by atoms with E-state index in [4.69, 9.17) is 11.6 Å². The number of amides is 2. The van der Waals surface area contributed by atoms with E-state index in [0.717, 1.165) is 21.7 Å². The summed E-state index contributed by atoms with van der Waals surface area (Å²) in [5.41, 5.74) is 2.73. The van der Waals surface area contributed by atoms with Gasteiger partial charge in [0.1, 0.15) is 12.6 Å². The van der Waals surface area contributed by atoms with Crippen LogP contribution in [0.5, 0.6) is 0 Å². The summed E-state index contributed by atoms with van der Waals surface area (Å²) in [5.74, 6) is -0.795. The molecule has 0 bridgehead atoms. The van der Waals surface area contributed by atoms with Gasteiger partial charge in [0.25, 0.3) is 0 Å². The van der Waals surface area contributed by atoms with E-state index in [1.165, 1.54) is 4.90 Å². The van der Waals surface area contributed by atoms with Crippen LogP contribution in [0.25, 0.3) is 0 Å². The molecule has 1 atom stereocenters. The third kappa shape index (κ3) is 6.23. The van der Waals surface area contributed by atoms with Gasteiger partial charge in [0.05, 0.1) is 11.9 Å². The lowest BCUT2D eigenvalue weighted by atomic mass is 10.1. The molecule has 2 rings (SSSR count). The van der Waals surface area contributed by atoms with Crippen LogP contribution in [-0.4, -0.2) is 50.5 Å². The summed E-state index contributed by atoms with van der Waals surface area (Å²) in [7, 11) is -3.80. The van der Waals surface area contributed by atoms with Crippen LogP contribution in [0.4, 0.5) is 5.69 Å². The molecule has 0 spiro atoms. The summed E-state index contributed by atoms with van der Waals surface area (Å²) in [4.78, 5) is 27.4. The Morgan fingerprint density at radius 1 is 1.09 bits per heavy atom. The highest BCUT2D eigenvalue weighted by Gasteiger charge is 2.30. The van der Waals surface area contributed by atoms with Crippen molar-refractivity contribution in [1.82, 2.24) is 10.2 Å². The fraction of sp³-hybridized carbons (Fsp3) is 0.391. The maximum absolute atomic E-state index is 13.4. The van der Waals surface area contributed by atoms with Gasteiger partial charge in [-0.25, -0.2) is 8.42 Å². The van der Waals surface area contributed by atoms with Gasteiger partial charge in [0.2, 0.25) is 21.8 Å². The Hall–Kier alpha value is -2.58. The lowest BCUT2D eigenvalue weighted by molar-refractivity contribution is -0.139. The maximum atomic E-state index is 13.4. The van der Waals surface area contributed by atoms with Crippen molar-refractivity contribution in [2.45, 2.75) is 40.3 Å². The molecule has 0 radical (unpaired) electrons. The van der Waals surface area contributed by atoms with Crippen molar-refractivity contribution in [2.24, 2.45) is 0 Å². The minimum absolute atomic E-state index is 0.177. The van der Waals surface area contributed by atoms with Gasteiger partial charge in [0, 0.05) is 18.1 Å². The van der Waals surface area contributed by atoms with Crippen molar-refractivity contribution in [3.63, 3.8) is 0 Å². The highest BCUT2D eigenvalue weighted by molar-refractivity contribution is 7.92. The number of likely N-dealkylation sites (N-methyl/N-ethyl adjacent to an activating group) is 1. The van der Waals surface area contributed by atoms with E-state index in [-0.39, 0.29) is 12.5 Å². The summed E-state index contributed by atoms with van der Waals surface area (Å²) in [6, 6.07) is 11.7. The first-order chi connectivity index (χ1) is 15.0. The van der Waals surface area contributed by atoms with E-state index < -0.39 is 28.5 Å². The topological polar surface area (TPSA) is 86.8 Å². The molecule has 174 valence electrons. The van der Waals surface area contributed by atoms with Gasteiger partial charge in [-0.3, -0.25) is 13.9 Å². The first kappa shape index (κ1) is 25.7. The third-order valence-corrected chi connectivity index (χ3v) is 6.84. The normalized spacial score (nSPS) is 12.2. The molecule has 0 saturated carbocycles. The molecule has 9 heteroatoms. The number of hydrogen-bond donors (Lipinski definition) is 1. The van der Waals surface area contributed by atoms with E-state index in [1.807, 2.05) is 31.2 Å². The van der Waals surface area contributed by atoms with Crippen molar-refractivity contribution in [3.8, 4) is 0 Å². The van der Waals surface area contributed by atoms with E-state index in [2.05, 4.69) is 5.32 Å². The number of anilines is 1. The second-order valence-corrected chi connectivity index (χ2v) is 9.99. The molecule has 2 amide bonds. The van der Waals surface area contributed by atoms with Gasteiger partial charge in [0.15, 0.2) is 0 Å². The summed E-state index contributed by atoms with van der Waals surface area (Å²) in [5, 5.41) is 3.13. The summed E-state index contributed by atoms with van der Waals surface area (Å²) in [6.45, 7) is 7.20. The van der Waals surface area contributed by atoms with E-state index in [9.17, 15) is 18.0 Å². The number of hydrogen-bond acceptors (Lipinski definition) is 4. The average Bonchev–Trinajstić information content (AvgIpc) is 2.72. The van der Waals surface area contributed by atoms with Crippen LogP contribution in [0.1, 0.15) is 30.5 Å². The molecule has 0 fully saturated rings. The Labute approximate surface area is 195 Å². The molecule has 7 nitrogen and oxygen atoms in total. The smallest absolute Gasteiger partial charge is 0.244 e. The SMILES string of the molecule is CCNC(=O)[C@@H](C)N(Cc1ccccc1C)C(=O)CN(c1cccc(Cl)c1C)S(C)(=O)=O. The second kappa shape index (κ2) is 10.8. The Kier molecular flexibility index (Phi) is 8.69. The fourth-order valence-corrected chi connectivity index (χ4v) is 4.41. The van der Waals surface area contributed by atoms with Crippen LogP contribution >= 0.6 is 11.6 Å². The Morgan fingerprint density at radius 3 is 2.34 bits per heavy atom. The largest absolute Gasteiger partial charge is 0.355 e. The quantitative estimate of drug-likeness (QED) is 0.598. The van der Waals surface area contributed by atoms with Crippen molar-refractivity contribution in [1.29, 1.82) is 0 Å². The average molecular weight is 480 g/mol. The Balaban J connectivity index is 2.45. The Morgan fingerprint density at radius 2 is 1.75 bits per heavy atom. The van der Waals surface area contributed by atoms with Gasteiger partial charge >= 0.3 is 0 Å². The van der Waals surface area contributed by atoms with Crippen LogP contribution in [0, 0.1) is 13.8 Å². The first-order valence-electron chi connectivity index (χ1n) is 10.3. The van der Waals surface area contributed by atoms with E-state index >= 15 is 0 Å². The number of sulfonamides is 1. The zero-order valence-corrected chi connectivity index (χ0v) is 20.6. The molecule has 0 heterocycles. The molecule has 1 N–H and O–H groups in total. The summed E-state index contributed by atoms with van der Waals surface area (Å²) >= 11 is 6.19. The second-order valence-electron chi connectivity index (χ2n) is 7.67. The molecular weight excluding hydrogens is 450 g/mol. The highest BCUT2D eigenvalue weighted by atomic mass is 35.5. The number of nitrogens with one attached hydrogen (secondary N) is 1. The third-order valence-electron chi connectivity index (χ3n) is 5.31. The first-order valence-corrected chi connectivity index (χ1v) is 12.5. The number of carbonyl (C=O) groups excluding carboxylic acids is 2. The predicted octanol–water partition coefficient (Wildman–Crippen LogP) is 3.28. The minimum atomic E-state index is -3.80. The van der Waals surface area contributed by atoms with Crippen LogP contribution in [-0.2, 0) is 26.2 Å². The molecule has 0 aliphatic rings. The van der Waals surface area contributed by atoms with Crippen molar-refractivity contribution < 1.29 is 18.0 Å². The van der Waals surface area contributed by atoms with Crippen molar-refractivity contribution in [2.75, 3.05) is 23.7 Å². The number of aryl methyl sites for hydroxylation is 1. The monoisotopic (exact) mass is 479 g/mol. The summed E-state index contributed by atoms with van der Waals surface area (Å²) in [6.07, 6.45) is 1.04. The zero-order chi connectivity index (χ0) is 24.1. The summed E-state index contributed by atoms with van der Waals surface area (Å²) < 4.78 is 26.2. The molecule has 0 aliphatic carbocycles. The van der Waals surface area contributed by atoms with Crippen LogP contribution in [0.3, 0.4) is 0 Å². The molecule has 2 aromatic rings.